The molecule has 94 valence electrons. The summed E-state index contributed by atoms with van der Waals surface area (Å²) in [6, 6.07) is 1.02. The second-order valence-corrected chi connectivity index (χ2v) is 6.13. The van der Waals surface area contributed by atoms with Crippen LogP contribution in [0.25, 0.3) is 0 Å². The summed E-state index contributed by atoms with van der Waals surface area (Å²) in [5.74, 6) is 1.67. The zero-order chi connectivity index (χ0) is 11.5. The van der Waals surface area contributed by atoms with Crippen LogP contribution in [0, 0.1) is 11.8 Å². The van der Waals surface area contributed by atoms with E-state index < -0.39 is 0 Å². The summed E-state index contributed by atoms with van der Waals surface area (Å²) >= 11 is 0. The summed E-state index contributed by atoms with van der Waals surface area (Å²) in [5, 5.41) is 13.7. The Bertz CT molecular complexity index is 219. The molecule has 0 heterocycles. The predicted octanol–water partition coefficient (Wildman–Crippen LogP) is 2.70. The van der Waals surface area contributed by atoms with Gasteiger partial charge in [0.2, 0.25) is 0 Å². The number of rotatable bonds is 2. The SMILES string of the molecule is CC1CCC(N[C@@H]2CCCC[C@H]2O)C(C)C1. The zero-order valence-electron chi connectivity index (χ0n) is 10.8. The molecule has 0 radical (unpaired) electrons. The molecule has 2 aliphatic carbocycles. The average molecular weight is 225 g/mol. The molecular weight excluding hydrogens is 198 g/mol. The minimum Gasteiger partial charge on any atom is -0.392 e. The lowest BCUT2D eigenvalue weighted by Crippen LogP contribution is -2.50. The highest BCUT2D eigenvalue weighted by Crippen LogP contribution is 2.30. The van der Waals surface area contributed by atoms with Crippen LogP contribution >= 0.6 is 0 Å². The second kappa shape index (κ2) is 5.50. The smallest absolute Gasteiger partial charge is 0.0693 e. The summed E-state index contributed by atoms with van der Waals surface area (Å²) < 4.78 is 0. The topological polar surface area (TPSA) is 32.3 Å². The Morgan fingerprint density at radius 1 is 0.938 bits per heavy atom. The van der Waals surface area contributed by atoms with Crippen molar-refractivity contribution in [1.29, 1.82) is 0 Å². The Labute approximate surface area is 99.8 Å². The third-order valence-electron chi connectivity index (χ3n) is 4.59. The zero-order valence-corrected chi connectivity index (χ0v) is 10.8. The van der Waals surface area contributed by atoms with E-state index in [0.717, 1.165) is 18.3 Å². The molecule has 2 saturated carbocycles. The van der Waals surface area contributed by atoms with Crippen molar-refractivity contribution in [1.82, 2.24) is 5.32 Å². The van der Waals surface area contributed by atoms with E-state index in [1.54, 1.807) is 0 Å². The van der Waals surface area contributed by atoms with E-state index in [4.69, 9.17) is 0 Å². The first kappa shape index (κ1) is 12.4. The average Bonchev–Trinajstić information content (AvgIpc) is 2.25. The minimum atomic E-state index is -0.0969. The lowest BCUT2D eigenvalue weighted by atomic mass is 9.79. The third kappa shape index (κ3) is 2.98. The van der Waals surface area contributed by atoms with Crippen LogP contribution in [-0.4, -0.2) is 23.3 Å². The maximum Gasteiger partial charge on any atom is 0.0693 e. The molecule has 0 aliphatic heterocycles. The summed E-state index contributed by atoms with van der Waals surface area (Å²) in [6.07, 6.45) is 8.55. The van der Waals surface area contributed by atoms with Crippen LogP contribution in [0.3, 0.4) is 0 Å². The fraction of sp³-hybridized carbons (Fsp3) is 1.00. The van der Waals surface area contributed by atoms with Crippen LogP contribution in [0.5, 0.6) is 0 Å². The molecule has 0 amide bonds. The molecule has 2 heteroatoms. The largest absolute Gasteiger partial charge is 0.392 e. The Morgan fingerprint density at radius 2 is 1.69 bits per heavy atom. The van der Waals surface area contributed by atoms with Gasteiger partial charge in [0, 0.05) is 12.1 Å². The Morgan fingerprint density at radius 3 is 2.38 bits per heavy atom. The molecule has 5 atom stereocenters. The number of hydrogen-bond donors (Lipinski definition) is 2. The number of aliphatic hydroxyl groups excluding tert-OH is 1. The van der Waals surface area contributed by atoms with Crippen molar-refractivity contribution < 1.29 is 5.11 Å². The molecule has 0 spiro atoms. The number of aliphatic hydroxyl groups is 1. The molecular formula is C14H27NO. The van der Waals surface area contributed by atoms with Gasteiger partial charge in [-0.15, -0.1) is 0 Å². The van der Waals surface area contributed by atoms with Gasteiger partial charge in [0.15, 0.2) is 0 Å². The third-order valence-corrected chi connectivity index (χ3v) is 4.59. The van der Waals surface area contributed by atoms with Crippen molar-refractivity contribution in [2.45, 2.75) is 77.0 Å². The van der Waals surface area contributed by atoms with Crippen molar-refractivity contribution in [3.8, 4) is 0 Å². The minimum absolute atomic E-state index is 0.0969. The standard InChI is InChI=1S/C14H27NO/c1-10-7-8-12(11(2)9-10)15-13-5-3-4-6-14(13)16/h10-16H,3-9H2,1-2H3/t10?,11?,12?,13-,14-/m1/s1. The van der Waals surface area contributed by atoms with Crippen LogP contribution in [0.4, 0.5) is 0 Å². The van der Waals surface area contributed by atoms with Gasteiger partial charge >= 0.3 is 0 Å². The van der Waals surface area contributed by atoms with E-state index in [-0.39, 0.29) is 6.10 Å². The monoisotopic (exact) mass is 225 g/mol. The highest BCUT2D eigenvalue weighted by Gasteiger charge is 2.30. The van der Waals surface area contributed by atoms with E-state index in [9.17, 15) is 5.11 Å². The Balaban J connectivity index is 1.83. The molecule has 0 saturated heterocycles. The van der Waals surface area contributed by atoms with Crippen molar-refractivity contribution in [2.75, 3.05) is 0 Å². The van der Waals surface area contributed by atoms with Gasteiger partial charge in [0.25, 0.3) is 0 Å². The normalized spacial score (nSPS) is 45.6. The van der Waals surface area contributed by atoms with Gasteiger partial charge < -0.3 is 10.4 Å². The van der Waals surface area contributed by atoms with Crippen molar-refractivity contribution in [2.24, 2.45) is 11.8 Å². The van der Waals surface area contributed by atoms with Crippen LogP contribution < -0.4 is 5.32 Å². The summed E-state index contributed by atoms with van der Waals surface area (Å²) in [4.78, 5) is 0. The second-order valence-electron chi connectivity index (χ2n) is 6.13. The molecule has 0 aromatic carbocycles. The predicted molar refractivity (Wildman–Crippen MR) is 67.4 cm³/mol. The van der Waals surface area contributed by atoms with E-state index in [1.807, 2.05) is 0 Å². The molecule has 0 aromatic rings. The first-order chi connectivity index (χ1) is 7.66. The van der Waals surface area contributed by atoms with Crippen molar-refractivity contribution >= 4 is 0 Å². The molecule has 2 rings (SSSR count). The summed E-state index contributed by atoms with van der Waals surface area (Å²) in [6.45, 7) is 4.73. The Kier molecular flexibility index (Phi) is 4.26. The van der Waals surface area contributed by atoms with E-state index in [2.05, 4.69) is 19.2 Å². The van der Waals surface area contributed by atoms with Crippen LogP contribution in [0.2, 0.25) is 0 Å². The molecule has 0 aromatic heterocycles. The first-order valence-corrected chi connectivity index (χ1v) is 7.11. The molecule has 0 bridgehead atoms. The van der Waals surface area contributed by atoms with Crippen LogP contribution in [0.1, 0.15) is 58.8 Å². The lowest BCUT2D eigenvalue weighted by molar-refractivity contribution is 0.0728. The van der Waals surface area contributed by atoms with Gasteiger partial charge in [0.1, 0.15) is 0 Å². The molecule has 2 nitrogen and oxygen atoms in total. The van der Waals surface area contributed by atoms with E-state index in [1.165, 1.54) is 38.5 Å². The van der Waals surface area contributed by atoms with Crippen molar-refractivity contribution in [3.63, 3.8) is 0 Å². The van der Waals surface area contributed by atoms with Gasteiger partial charge in [-0.1, -0.05) is 26.7 Å². The van der Waals surface area contributed by atoms with Crippen molar-refractivity contribution in [3.05, 3.63) is 0 Å². The maximum absolute atomic E-state index is 9.98. The number of nitrogens with one attached hydrogen (secondary N) is 1. The van der Waals surface area contributed by atoms with Crippen LogP contribution in [0.15, 0.2) is 0 Å². The van der Waals surface area contributed by atoms with E-state index in [0.29, 0.717) is 12.1 Å². The summed E-state index contributed by atoms with van der Waals surface area (Å²) in [5.41, 5.74) is 0. The maximum atomic E-state index is 9.98. The summed E-state index contributed by atoms with van der Waals surface area (Å²) in [7, 11) is 0. The highest BCUT2D eigenvalue weighted by molar-refractivity contribution is 4.88. The first-order valence-electron chi connectivity index (χ1n) is 7.11. The molecule has 2 N–H and O–H groups in total. The molecule has 3 unspecified atom stereocenters. The van der Waals surface area contributed by atoms with Gasteiger partial charge in [-0.05, 0) is 43.9 Å². The van der Waals surface area contributed by atoms with Gasteiger partial charge in [0.05, 0.1) is 6.10 Å². The fourth-order valence-corrected chi connectivity index (χ4v) is 3.49. The highest BCUT2D eigenvalue weighted by atomic mass is 16.3. The quantitative estimate of drug-likeness (QED) is 0.757. The van der Waals surface area contributed by atoms with Gasteiger partial charge in [-0.2, -0.15) is 0 Å². The molecule has 2 fully saturated rings. The number of hydrogen-bond acceptors (Lipinski definition) is 2. The fourth-order valence-electron chi connectivity index (χ4n) is 3.49. The Hall–Kier alpha value is -0.0800. The van der Waals surface area contributed by atoms with E-state index >= 15 is 0 Å². The van der Waals surface area contributed by atoms with Crippen LogP contribution in [-0.2, 0) is 0 Å². The molecule has 2 aliphatic rings. The lowest BCUT2D eigenvalue weighted by Gasteiger charge is -2.38. The molecule has 16 heavy (non-hydrogen) atoms. The van der Waals surface area contributed by atoms with Gasteiger partial charge in [-0.25, -0.2) is 0 Å². The van der Waals surface area contributed by atoms with Gasteiger partial charge in [-0.3, -0.25) is 0 Å².